The number of rotatable bonds is 9. The number of aromatic nitrogens is 3. The lowest BCUT2D eigenvalue weighted by Gasteiger charge is -2.29. The van der Waals surface area contributed by atoms with E-state index in [1.807, 2.05) is 32.0 Å². The Balaban J connectivity index is 1.46. The number of nitrogens with zero attached hydrogens (tertiary/aromatic N) is 3. The number of aliphatic carboxylic acids is 1. The second-order valence-corrected chi connectivity index (χ2v) is 10.6. The Hall–Kier alpha value is -2.88. The Kier molecular flexibility index (Phi) is 7.78. The number of carboxylic acids is 1. The highest BCUT2D eigenvalue weighted by atomic mass is 32.1. The predicted molar refractivity (Wildman–Crippen MR) is 136 cm³/mol. The van der Waals surface area contributed by atoms with E-state index < -0.39 is 18.2 Å². The summed E-state index contributed by atoms with van der Waals surface area (Å²) in [5.74, 6) is -0.0850. The molecule has 2 heterocycles. The summed E-state index contributed by atoms with van der Waals surface area (Å²) < 4.78 is 0. The molecule has 9 heteroatoms. The maximum Gasteiger partial charge on any atom is 0.306 e. The average molecular weight is 497 g/mol. The summed E-state index contributed by atoms with van der Waals surface area (Å²) in [5, 5.41) is 34.2. The predicted octanol–water partition coefficient (Wildman–Crippen LogP) is 4.81. The van der Waals surface area contributed by atoms with Crippen LogP contribution >= 0.6 is 11.3 Å². The first-order chi connectivity index (χ1) is 16.8. The molecule has 2 aromatic heterocycles. The molecule has 35 heavy (non-hydrogen) atoms. The van der Waals surface area contributed by atoms with Crippen LogP contribution in [0.15, 0.2) is 36.7 Å². The van der Waals surface area contributed by atoms with Crippen molar-refractivity contribution in [1.29, 1.82) is 0 Å². The highest BCUT2D eigenvalue weighted by Crippen LogP contribution is 2.39. The van der Waals surface area contributed by atoms with Crippen LogP contribution in [0.5, 0.6) is 0 Å². The normalized spacial score (nSPS) is 19.8. The number of hydrogen-bond donors (Lipinski definition) is 4. The Morgan fingerprint density at radius 3 is 2.63 bits per heavy atom. The van der Waals surface area contributed by atoms with Gasteiger partial charge in [0.1, 0.15) is 10.6 Å². The van der Waals surface area contributed by atoms with Gasteiger partial charge >= 0.3 is 5.97 Å². The third kappa shape index (κ3) is 6.22. The van der Waals surface area contributed by atoms with Gasteiger partial charge in [0.25, 0.3) is 0 Å². The topological polar surface area (TPSA) is 128 Å². The van der Waals surface area contributed by atoms with Crippen LogP contribution in [0.2, 0.25) is 0 Å². The standard InChI is InChI=1S/C26H32N4O4S/c1-16-11-20(13-21(12-16)30-25-27-10-8-17(2)29-25)22-14-28-24(35-22)26(34,15-31)9-7-18-3-5-19(6-4-18)23(32)33/h8,10-14,18-19,31,34H,3-7,9,15H2,1-2H3,(H,32,33)(H,27,29,30). The Morgan fingerprint density at radius 1 is 1.17 bits per heavy atom. The van der Waals surface area contributed by atoms with E-state index in [-0.39, 0.29) is 5.92 Å². The molecule has 1 aliphatic rings. The molecule has 0 spiro atoms. The lowest BCUT2D eigenvalue weighted by atomic mass is 9.78. The van der Waals surface area contributed by atoms with Crippen molar-refractivity contribution in [3.8, 4) is 10.4 Å². The quantitative estimate of drug-likeness (QED) is 0.332. The first kappa shape index (κ1) is 25.2. The molecule has 0 bridgehead atoms. The molecule has 1 aliphatic carbocycles. The van der Waals surface area contributed by atoms with Crippen molar-refractivity contribution in [3.63, 3.8) is 0 Å². The molecule has 0 saturated heterocycles. The van der Waals surface area contributed by atoms with Gasteiger partial charge in [-0.25, -0.2) is 15.0 Å². The zero-order chi connectivity index (χ0) is 25.0. The minimum Gasteiger partial charge on any atom is -0.481 e. The average Bonchev–Trinajstić information content (AvgIpc) is 3.34. The van der Waals surface area contributed by atoms with Gasteiger partial charge in [-0.2, -0.15) is 0 Å². The summed E-state index contributed by atoms with van der Waals surface area (Å²) in [5.41, 5.74) is 2.33. The minimum absolute atomic E-state index is 0.254. The Labute approximate surface area is 209 Å². The second kappa shape index (κ2) is 10.8. The van der Waals surface area contributed by atoms with Crippen LogP contribution in [-0.4, -0.2) is 42.8 Å². The van der Waals surface area contributed by atoms with Gasteiger partial charge in [0, 0.05) is 23.8 Å². The Bertz CT molecular complexity index is 1180. The maximum atomic E-state index is 11.2. The number of carboxylic acid groups (broad SMARTS) is 1. The zero-order valence-electron chi connectivity index (χ0n) is 20.1. The highest BCUT2D eigenvalue weighted by molar-refractivity contribution is 7.15. The van der Waals surface area contributed by atoms with Crippen LogP contribution < -0.4 is 5.32 Å². The molecule has 8 nitrogen and oxygen atoms in total. The first-order valence-corrected chi connectivity index (χ1v) is 12.8. The van der Waals surface area contributed by atoms with Crippen molar-refractivity contribution < 1.29 is 20.1 Å². The third-order valence-electron chi connectivity index (χ3n) is 6.74. The van der Waals surface area contributed by atoms with Gasteiger partial charge in [-0.05, 0) is 87.6 Å². The van der Waals surface area contributed by atoms with E-state index in [2.05, 4.69) is 26.3 Å². The monoisotopic (exact) mass is 496 g/mol. The van der Waals surface area contributed by atoms with Crippen LogP contribution in [0, 0.1) is 25.7 Å². The number of anilines is 2. The fourth-order valence-electron chi connectivity index (χ4n) is 4.65. The minimum atomic E-state index is -1.41. The van der Waals surface area contributed by atoms with Gasteiger partial charge in [0.2, 0.25) is 5.95 Å². The van der Waals surface area contributed by atoms with Crippen molar-refractivity contribution in [3.05, 3.63) is 52.9 Å². The van der Waals surface area contributed by atoms with E-state index >= 15 is 0 Å². The van der Waals surface area contributed by atoms with Crippen LogP contribution in [0.3, 0.4) is 0 Å². The molecule has 3 aromatic rings. The van der Waals surface area contributed by atoms with E-state index in [1.165, 1.54) is 11.3 Å². The zero-order valence-corrected chi connectivity index (χ0v) is 20.9. The molecular formula is C26H32N4O4S. The van der Waals surface area contributed by atoms with E-state index in [9.17, 15) is 20.1 Å². The summed E-state index contributed by atoms with van der Waals surface area (Å²) >= 11 is 1.38. The molecular weight excluding hydrogens is 464 g/mol. The summed E-state index contributed by atoms with van der Waals surface area (Å²) in [6.45, 7) is 3.52. The van der Waals surface area contributed by atoms with Crippen molar-refractivity contribution in [1.82, 2.24) is 15.0 Å². The molecule has 186 valence electrons. The SMILES string of the molecule is Cc1cc(Nc2nccc(C)n2)cc(-c2cnc(C(O)(CO)CCC3CCC(C(=O)O)CC3)s2)c1. The molecule has 0 amide bonds. The molecule has 0 aliphatic heterocycles. The van der Waals surface area contributed by atoms with Gasteiger partial charge in [0.15, 0.2) is 0 Å². The number of thiazole rings is 1. The van der Waals surface area contributed by atoms with Crippen molar-refractivity contribution in [2.75, 3.05) is 11.9 Å². The number of carbonyl (C=O) groups is 1. The first-order valence-electron chi connectivity index (χ1n) is 12.0. The van der Waals surface area contributed by atoms with E-state index in [0.717, 1.165) is 46.6 Å². The Morgan fingerprint density at radius 2 is 1.94 bits per heavy atom. The number of aliphatic hydroxyl groups is 2. The molecule has 4 rings (SSSR count). The number of nitrogens with one attached hydrogen (secondary N) is 1. The van der Waals surface area contributed by atoms with Crippen LogP contribution in [0.4, 0.5) is 11.6 Å². The number of aryl methyl sites for hydroxylation is 2. The van der Waals surface area contributed by atoms with E-state index in [4.69, 9.17) is 0 Å². The molecule has 0 radical (unpaired) electrons. The molecule has 4 N–H and O–H groups in total. The van der Waals surface area contributed by atoms with Crippen LogP contribution in [-0.2, 0) is 10.4 Å². The van der Waals surface area contributed by atoms with Crippen LogP contribution in [0.1, 0.15) is 54.8 Å². The number of hydrogen-bond acceptors (Lipinski definition) is 8. The lowest BCUT2D eigenvalue weighted by molar-refractivity contribution is -0.143. The second-order valence-electron chi connectivity index (χ2n) is 9.55. The van der Waals surface area contributed by atoms with Gasteiger partial charge < -0.3 is 20.6 Å². The fraction of sp³-hybridized carbons (Fsp3) is 0.462. The van der Waals surface area contributed by atoms with Crippen molar-refractivity contribution in [2.24, 2.45) is 11.8 Å². The lowest BCUT2D eigenvalue weighted by Crippen LogP contribution is -2.31. The largest absolute Gasteiger partial charge is 0.481 e. The summed E-state index contributed by atoms with van der Waals surface area (Å²) in [7, 11) is 0. The molecule has 1 aromatic carbocycles. The van der Waals surface area contributed by atoms with Crippen molar-refractivity contribution in [2.45, 2.75) is 58.0 Å². The molecule has 1 unspecified atom stereocenters. The number of benzene rings is 1. The number of aliphatic hydroxyl groups excluding tert-OH is 1. The van der Waals surface area contributed by atoms with Gasteiger partial charge in [-0.15, -0.1) is 11.3 Å². The molecule has 1 atom stereocenters. The molecule has 1 fully saturated rings. The van der Waals surface area contributed by atoms with E-state index in [1.54, 1.807) is 12.4 Å². The van der Waals surface area contributed by atoms with Crippen molar-refractivity contribution >= 4 is 28.9 Å². The summed E-state index contributed by atoms with van der Waals surface area (Å²) in [6.07, 6.45) is 7.60. The van der Waals surface area contributed by atoms with Gasteiger partial charge in [-0.1, -0.05) is 6.07 Å². The summed E-state index contributed by atoms with van der Waals surface area (Å²) in [6, 6.07) is 7.91. The summed E-state index contributed by atoms with van der Waals surface area (Å²) in [4.78, 5) is 25.2. The fourth-order valence-corrected chi connectivity index (χ4v) is 5.66. The van der Waals surface area contributed by atoms with E-state index in [0.29, 0.717) is 36.1 Å². The van der Waals surface area contributed by atoms with Gasteiger partial charge in [-0.3, -0.25) is 4.79 Å². The maximum absolute atomic E-state index is 11.2. The molecule has 1 saturated carbocycles. The van der Waals surface area contributed by atoms with Gasteiger partial charge in [0.05, 0.1) is 17.4 Å². The smallest absolute Gasteiger partial charge is 0.306 e. The highest BCUT2D eigenvalue weighted by Gasteiger charge is 2.34. The van der Waals surface area contributed by atoms with Crippen LogP contribution in [0.25, 0.3) is 10.4 Å². The third-order valence-corrected chi connectivity index (χ3v) is 7.98.